The first kappa shape index (κ1) is 20.4. The fourth-order valence-corrected chi connectivity index (χ4v) is 4.44. The molecule has 0 atom stereocenters. The van der Waals surface area contributed by atoms with E-state index in [-0.39, 0.29) is 5.56 Å². The number of H-pyrrole nitrogens is 1. The predicted molar refractivity (Wildman–Crippen MR) is 133 cm³/mol. The molecule has 2 N–H and O–H groups in total. The zero-order valence-electron chi connectivity index (χ0n) is 19.3. The third-order valence-electron chi connectivity index (χ3n) is 6.41. The maximum absolute atomic E-state index is 11.9. The number of hydrogen-bond donors (Lipinski definition) is 2. The third kappa shape index (κ3) is 3.57. The molecule has 0 aliphatic heterocycles. The third-order valence-corrected chi connectivity index (χ3v) is 6.41. The summed E-state index contributed by atoms with van der Waals surface area (Å²) in [6.45, 7) is 2.10. The van der Waals surface area contributed by atoms with Crippen LogP contribution in [-0.4, -0.2) is 29.3 Å². The Bertz CT molecular complexity index is 1600. The molecule has 5 aromatic rings. The Morgan fingerprint density at radius 3 is 2.71 bits per heavy atom. The van der Waals surface area contributed by atoms with Crippen LogP contribution in [0.4, 0.5) is 11.6 Å². The first-order valence-electron chi connectivity index (χ1n) is 11.4. The number of rotatable bonds is 5. The van der Waals surface area contributed by atoms with Crippen molar-refractivity contribution in [2.75, 3.05) is 5.32 Å². The highest BCUT2D eigenvalue weighted by Gasteiger charge is 2.28. The molecule has 34 heavy (non-hydrogen) atoms. The number of aromatic nitrogens is 6. The molecule has 1 fully saturated rings. The minimum Gasteiger partial charge on any atom is -0.337 e. The lowest BCUT2D eigenvalue weighted by Gasteiger charge is -2.06. The molecule has 1 aliphatic rings. The molecule has 0 unspecified atom stereocenters. The molecule has 0 spiro atoms. The number of benzene rings is 2. The Kier molecular flexibility index (Phi) is 4.62. The van der Waals surface area contributed by atoms with Gasteiger partial charge in [0.1, 0.15) is 5.82 Å². The summed E-state index contributed by atoms with van der Waals surface area (Å²) >= 11 is 0. The first-order valence-corrected chi connectivity index (χ1v) is 11.4. The average molecular weight is 452 g/mol. The number of fused-ring (bicyclic) bond motifs is 1. The monoisotopic (exact) mass is 451 g/mol. The summed E-state index contributed by atoms with van der Waals surface area (Å²) in [7, 11) is 3.94. The van der Waals surface area contributed by atoms with Crippen LogP contribution < -0.4 is 10.9 Å². The van der Waals surface area contributed by atoms with Gasteiger partial charge in [0.25, 0.3) is 5.56 Å². The maximum Gasteiger partial charge on any atom is 0.255 e. The minimum atomic E-state index is -0.0988. The number of hydrogen-bond acceptors (Lipinski definition) is 5. The van der Waals surface area contributed by atoms with E-state index in [1.807, 2.05) is 31.3 Å². The Morgan fingerprint density at radius 1 is 1.06 bits per heavy atom. The van der Waals surface area contributed by atoms with Gasteiger partial charge in [0.05, 0.1) is 5.69 Å². The number of pyridine rings is 1. The highest BCUT2D eigenvalue weighted by Crippen LogP contribution is 2.40. The number of imidazole rings is 1. The Balaban J connectivity index is 1.28. The Hall–Kier alpha value is -4.20. The van der Waals surface area contributed by atoms with Gasteiger partial charge in [-0.15, -0.1) is 5.10 Å². The second-order valence-corrected chi connectivity index (χ2v) is 9.02. The van der Waals surface area contributed by atoms with Gasteiger partial charge in [-0.25, -0.2) is 9.67 Å². The first-order chi connectivity index (χ1) is 16.5. The summed E-state index contributed by atoms with van der Waals surface area (Å²) < 4.78 is 3.88. The lowest BCUT2D eigenvalue weighted by atomic mass is 10.0. The molecule has 8 heteroatoms. The Morgan fingerprint density at radius 2 is 1.91 bits per heavy atom. The van der Waals surface area contributed by atoms with E-state index in [4.69, 9.17) is 9.97 Å². The van der Waals surface area contributed by atoms with Crippen LogP contribution in [0.1, 0.15) is 30.1 Å². The summed E-state index contributed by atoms with van der Waals surface area (Å²) in [6, 6.07) is 13.8. The molecular weight excluding hydrogens is 426 g/mol. The normalized spacial score (nSPS) is 13.5. The molecule has 2 aromatic carbocycles. The van der Waals surface area contributed by atoms with E-state index in [0.29, 0.717) is 23.1 Å². The van der Waals surface area contributed by atoms with Crippen LogP contribution in [0.3, 0.4) is 0 Å². The molecular formula is C26H25N7O. The van der Waals surface area contributed by atoms with Crippen molar-refractivity contribution in [3.8, 4) is 22.6 Å². The smallest absolute Gasteiger partial charge is 0.255 e. The van der Waals surface area contributed by atoms with Gasteiger partial charge >= 0.3 is 0 Å². The van der Waals surface area contributed by atoms with Crippen molar-refractivity contribution in [3.63, 3.8) is 0 Å². The van der Waals surface area contributed by atoms with Gasteiger partial charge < -0.3 is 14.9 Å². The largest absolute Gasteiger partial charge is 0.337 e. The van der Waals surface area contributed by atoms with Gasteiger partial charge in [-0.3, -0.25) is 4.79 Å². The van der Waals surface area contributed by atoms with Crippen molar-refractivity contribution in [3.05, 3.63) is 76.6 Å². The second kappa shape index (κ2) is 7.69. The number of aromatic amines is 1. The zero-order valence-corrected chi connectivity index (χ0v) is 19.3. The van der Waals surface area contributed by atoms with E-state index in [1.54, 1.807) is 10.9 Å². The van der Waals surface area contributed by atoms with E-state index in [9.17, 15) is 4.79 Å². The molecule has 6 rings (SSSR count). The van der Waals surface area contributed by atoms with Crippen LogP contribution in [0.5, 0.6) is 0 Å². The Labute approximate surface area is 196 Å². The van der Waals surface area contributed by atoms with Crippen LogP contribution in [0.2, 0.25) is 0 Å². The summed E-state index contributed by atoms with van der Waals surface area (Å²) in [5.74, 6) is 3.07. The molecule has 3 aromatic heterocycles. The van der Waals surface area contributed by atoms with Crippen LogP contribution in [-0.2, 0) is 14.1 Å². The maximum atomic E-state index is 11.9. The van der Waals surface area contributed by atoms with E-state index in [0.717, 1.165) is 33.5 Å². The molecule has 3 heterocycles. The van der Waals surface area contributed by atoms with Crippen LogP contribution in [0.15, 0.2) is 59.7 Å². The van der Waals surface area contributed by atoms with Crippen LogP contribution >= 0.6 is 0 Å². The fourth-order valence-electron chi connectivity index (χ4n) is 4.44. The van der Waals surface area contributed by atoms with Gasteiger partial charge in [0.2, 0.25) is 5.95 Å². The molecule has 0 radical (unpaired) electrons. The van der Waals surface area contributed by atoms with Gasteiger partial charge in [0, 0.05) is 54.6 Å². The van der Waals surface area contributed by atoms with Gasteiger partial charge in [-0.2, -0.15) is 4.98 Å². The summed E-state index contributed by atoms with van der Waals surface area (Å²) in [4.78, 5) is 24.3. The van der Waals surface area contributed by atoms with Crippen molar-refractivity contribution in [2.24, 2.45) is 14.1 Å². The molecule has 0 bridgehead atoms. The van der Waals surface area contributed by atoms with E-state index >= 15 is 0 Å². The fraction of sp³-hybridized carbons (Fsp3) is 0.231. The topological polar surface area (TPSA) is 93.4 Å². The van der Waals surface area contributed by atoms with Crippen molar-refractivity contribution in [1.29, 1.82) is 0 Å². The van der Waals surface area contributed by atoms with Gasteiger partial charge in [-0.1, -0.05) is 12.1 Å². The van der Waals surface area contributed by atoms with Crippen molar-refractivity contribution < 1.29 is 0 Å². The number of aryl methyl sites for hydroxylation is 3. The van der Waals surface area contributed by atoms with E-state index in [1.165, 1.54) is 18.7 Å². The highest BCUT2D eigenvalue weighted by molar-refractivity contribution is 5.85. The van der Waals surface area contributed by atoms with Crippen LogP contribution in [0.25, 0.3) is 33.4 Å². The summed E-state index contributed by atoms with van der Waals surface area (Å²) in [5, 5.41) is 9.45. The molecule has 1 aliphatic carbocycles. The molecule has 0 saturated heterocycles. The molecule has 8 nitrogen and oxygen atoms in total. The molecule has 0 amide bonds. The van der Waals surface area contributed by atoms with Crippen LogP contribution in [0, 0.1) is 6.92 Å². The minimum absolute atomic E-state index is 0.0988. The van der Waals surface area contributed by atoms with Crippen molar-refractivity contribution in [2.45, 2.75) is 25.7 Å². The average Bonchev–Trinajstić information content (AvgIpc) is 3.50. The predicted octanol–water partition coefficient (Wildman–Crippen LogP) is 4.65. The summed E-state index contributed by atoms with van der Waals surface area (Å²) in [5.41, 5.74) is 4.98. The van der Waals surface area contributed by atoms with E-state index < -0.39 is 0 Å². The lowest BCUT2D eigenvalue weighted by Crippen LogP contribution is -2.05. The second-order valence-electron chi connectivity index (χ2n) is 9.02. The number of anilines is 2. The van der Waals surface area contributed by atoms with E-state index in [2.05, 4.69) is 58.3 Å². The lowest BCUT2D eigenvalue weighted by molar-refractivity contribution is 0.778. The summed E-state index contributed by atoms with van der Waals surface area (Å²) in [6.07, 6.45) is 6.25. The highest BCUT2D eigenvalue weighted by atomic mass is 16.1. The quantitative estimate of drug-likeness (QED) is 0.406. The van der Waals surface area contributed by atoms with Crippen molar-refractivity contribution >= 4 is 22.4 Å². The number of nitrogens with zero attached hydrogens (tertiary/aromatic N) is 5. The number of nitrogens with one attached hydrogen (secondary N) is 2. The SMILES string of the molecule is Cc1cc(-c2nc(Nc3ccc4c(=O)[nH]ccc4c3)n(C)n2)ccc1-c1cn(C)c(C2CC2)n1. The standard InChI is InChI=1S/C26H25N7O/c1-15-12-18(6-8-20(15)22-14-32(2)24(29-22)16-4-5-16)23-30-26(33(3)31-23)28-19-7-9-21-17(13-19)10-11-27-25(21)34/h6-14,16H,4-5H2,1-3H3,(H,27,34)(H,28,30,31). The van der Waals surface area contributed by atoms with Gasteiger partial charge in [-0.05, 0) is 61.0 Å². The van der Waals surface area contributed by atoms with Crippen molar-refractivity contribution in [1.82, 2.24) is 29.3 Å². The molecule has 1 saturated carbocycles. The zero-order chi connectivity index (χ0) is 23.4. The molecule has 170 valence electrons. The van der Waals surface area contributed by atoms with Gasteiger partial charge in [0.15, 0.2) is 5.82 Å².